The van der Waals surface area contributed by atoms with E-state index in [-0.39, 0.29) is 12.6 Å². The smallest absolute Gasteiger partial charge is 0.135 e. The zero-order valence-electron chi connectivity index (χ0n) is 11.2. The van der Waals surface area contributed by atoms with Gasteiger partial charge in [-0.1, -0.05) is 29.3 Å². The van der Waals surface area contributed by atoms with E-state index >= 15 is 0 Å². The van der Waals surface area contributed by atoms with Crippen molar-refractivity contribution in [2.45, 2.75) is 19.5 Å². The van der Waals surface area contributed by atoms with Crippen LogP contribution < -0.4 is 0 Å². The second kappa shape index (κ2) is 6.83. The zero-order valence-corrected chi connectivity index (χ0v) is 13.5. The number of hydrogen-bond acceptors (Lipinski definition) is 5. The number of rotatable bonds is 5. The van der Waals surface area contributed by atoms with Crippen LogP contribution in [0.2, 0.25) is 10.3 Å². The van der Waals surface area contributed by atoms with Gasteiger partial charge in [0.2, 0.25) is 0 Å². The summed E-state index contributed by atoms with van der Waals surface area (Å²) in [7, 11) is 1.92. The molecule has 0 aliphatic heterocycles. The molecule has 0 spiro atoms. The molecule has 20 heavy (non-hydrogen) atoms. The molecule has 0 saturated carbocycles. The molecule has 2 aromatic rings. The van der Waals surface area contributed by atoms with Crippen molar-refractivity contribution in [3.8, 4) is 0 Å². The highest BCUT2D eigenvalue weighted by molar-refractivity contribution is 7.11. The number of likely N-dealkylation sites (N-methyl/N-ethyl adjacent to an activating group) is 1. The predicted molar refractivity (Wildman–Crippen MR) is 82.4 cm³/mol. The molecule has 1 atom stereocenters. The Morgan fingerprint density at radius 1 is 1.40 bits per heavy atom. The number of pyridine rings is 1. The first kappa shape index (κ1) is 15.7. The maximum Gasteiger partial charge on any atom is 0.135 e. The lowest BCUT2D eigenvalue weighted by atomic mass is 10.2. The average molecular weight is 332 g/mol. The fourth-order valence-electron chi connectivity index (χ4n) is 1.87. The van der Waals surface area contributed by atoms with E-state index in [1.165, 1.54) is 0 Å². The van der Waals surface area contributed by atoms with Crippen molar-refractivity contribution in [3.05, 3.63) is 44.1 Å². The Morgan fingerprint density at radius 3 is 2.70 bits per heavy atom. The Kier molecular flexibility index (Phi) is 5.35. The van der Waals surface area contributed by atoms with Gasteiger partial charge in [-0.25, -0.2) is 9.97 Å². The summed E-state index contributed by atoms with van der Waals surface area (Å²) in [5.41, 5.74) is 0.866. The summed E-state index contributed by atoms with van der Waals surface area (Å²) in [4.78, 5) is 11.5. The van der Waals surface area contributed by atoms with Gasteiger partial charge in [-0.3, -0.25) is 4.90 Å². The SMILES string of the molecule is Cc1cnc(C(CO)N(C)Cc2ccc(Cl)nc2Cl)s1. The van der Waals surface area contributed by atoms with E-state index in [1.54, 1.807) is 17.4 Å². The fraction of sp³-hybridized carbons (Fsp3) is 0.385. The van der Waals surface area contributed by atoms with Crippen LogP contribution in [0.5, 0.6) is 0 Å². The molecule has 108 valence electrons. The molecule has 0 bridgehead atoms. The van der Waals surface area contributed by atoms with E-state index < -0.39 is 0 Å². The Morgan fingerprint density at radius 2 is 2.15 bits per heavy atom. The first-order chi connectivity index (χ1) is 9.51. The van der Waals surface area contributed by atoms with Crippen LogP contribution in [0.15, 0.2) is 18.3 Å². The molecule has 0 radical (unpaired) electrons. The normalized spacial score (nSPS) is 12.9. The minimum absolute atomic E-state index is 0.00207. The van der Waals surface area contributed by atoms with Crippen LogP contribution in [0.4, 0.5) is 0 Å². The molecule has 1 unspecified atom stereocenters. The van der Waals surface area contributed by atoms with Crippen molar-refractivity contribution >= 4 is 34.5 Å². The Balaban J connectivity index is 2.15. The standard InChI is InChI=1S/C13H15Cl2N3OS/c1-8-5-16-13(20-8)10(7-19)18(2)6-9-3-4-11(14)17-12(9)15/h3-5,10,19H,6-7H2,1-2H3. The predicted octanol–water partition coefficient (Wildman–Crippen LogP) is 3.32. The van der Waals surface area contributed by atoms with Crippen LogP contribution in [-0.2, 0) is 6.54 Å². The third-order valence-corrected chi connectivity index (χ3v) is 4.49. The largest absolute Gasteiger partial charge is 0.394 e. The molecule has 2 aromatic heterocycles. The summed E-state index contributed by atoms with van der Waals surface area (Å²) in [5, 5.41) is 11.3. The third-order valence-electron chi connectivity index (χ3n) is 2.94. The quantitative estimate of drug-likeness (QED) is 0.854. The Bertz CT molecular complexity index is 591. The maximum absolute atomic E-state index is 9.61. The monoisotopic (exact) mass is 331 g/mol. The minimum atomic E-state index is -0.152. The van der Waals surface area contributed by atoms with Crippen LogP contribution in [0.25, 0.3) is 0 Å². The molecule has 2 heterocycles. The third kappa shape index (κ3) is 3.68. The van der Waals surface area contributed by atoms with Crippen LogP contribution in [0.1, 0.15) is 21.5 Å². The van der Waals surface area contributed by atoms with Gasteiger partial charge in [0.25, 0.3) is 0 Å². The first-order valence-corrected chi connectivity index (χ1v) is 7.63. The molecule has 4 nitrogen and oxygen atoms in total. The highest BCUT2D eigenvalue weighted by atomic mass is 35.5. The zero-order chi connectivity index (χ0) is 14.7. The number of aromatic nitrogens is 2. The van der Waals surface area contributed by atoms with Crippen molar-refractivity contribution in [2.75, 3.05) is 13.7 Å². The molecule has 0 aliphatic rings. The van der Waals surface area contributed by atoms with Crippen LogP contribution in [0, 0.1) is 6.92 Å². The number of halogens is 2. The van der Waals surface area contributed by atoms with Gasteiger partial charge in [-0.05, 0) is 20.0 Å². The molecule has 0 aliphatic carbocycles. The lowest BCUT2D eigenvalue weighted by Crippen LogP contribution is -2.27. The van der Waals surface area contributed by atoms with E-state index in [0.717, 1.165) is 15.4 Å². The number of aryl methyl sites for hydroxylation is 1. The van der Waals surface area contributed by atoms with E-state index in [0.29, 0.717) is 16.9 Å². The molecule has 0 saturated heterocycles. The van der Waals surface area contributed by atoms with Gasteiger partial charge in [-0.15, -0.1) is 11.3 Å². The van der Waals surface area contributed by atoms with Gasteiger partial charge in [0.1, 0.15) is 15.3 Å². The lowest BCUT2D eigenvalue weighted by Gasteiger charge is -2.25. The van der Waals surface area contributed by atoms with Crippen LogP contribution >= 0.6 is 34.5 Å². The second-order valence-electron chi connectivity index (χ2n) is 4.51. The van der Waals surface area contributed by atoms with Crippen molar-refractivity contribution in [1.29, 1.82) is 0 Å². The molecular weight excluding hydrogens is 317 g/mol. The van der Waals surface area contributed by atoms with E-state index in [2.05, 4.69) is 9.97 Å². The van der Waals surface area contributed by atoms with Crippen molar-refractivity contribution in [1.82, 2.24) is 14.9 Å². The van der Waals surface area contributed by atoms with Crippen LogP contribution in [0.3, 0.4) is 0 Å². The average Bonchev–Trinajstić information content (AvgIpc) is 2.80. The molecule has 7 heteroatoms. The van der Waals surface area contributed by atoms with Gasteiger partial charge in [0.15, 0.2) is 0 Å². The molecule has 0 aromatic carbocycles. The van der Waals surface area contributed by atoms with Crippen LogP contribution in [-0.4, -0.2) is 33.6 Å². The van der Waals surface area contributed by atoms with E-state index in [9.17, 15) is 5.11 Å². The number of thiazole rings is 1. The minimum Gasteiger partial charge on any atom is -0.394 e. The molecule has 2 rings (SSSR count). The summed E-state index contributed by atoms with van der Waals surface area (Å²) < 4.78 is 0. The first-order valence-electron chi connectivity index (χ1n) is 6.05. The lowest BCUT2D eigenvalue weighted by molar-refractivity contribution is 0.142. The van der Waals surface area contributed by atoms with Gasteiger partial charge >= 0.3 is 0 Å². The highest BCUT2D eigenvalue weighted by Gasteiger charge is 2.20. The van der Waals surface area contributed by atoms with E-state index in [1.807, 2.05) is 31.1 Å². The summed E-state index contributed by atoms with van der Waals surface area (Å²) in [6.07, 6.45) is 1.81. The maximum atomic E-state index is 9.61. The fourth-order valence-corrected chi connectivity index (χ4v) is 3.21. The van der Waals surface area contributed by atoms with Gasteiger partial charge < -0.3 is 5.11 Å². The second-order valence-corrected chi connectivity index (χ2v) is 6.52. The molecule has 0 amide bonds. The Hall–Kier alpha value is -0.720. The van der Waals surface area contributed by atoms with Gasteiger partial charge in [0.05, 0.1) is 12.6 Å². The molecule has 0 fully saturated rings. The number of hydrogen-bond donors (Lipinski definition) is 1. The summed E-state index contributed by atoms with van der Waals surface area (Å²) in [6.45, 7) is 2.56. The summed E-state index contributed by atoms with van der Waals surface area (Å²) >= 11 is 13.4. The number of aliphatic hydroxyl groups excluding tert-OH is 1. The van der Waals surface area contributed by atoms with Gasteiger partial charge in [0, 0.05) is 23.2 Å². The Labute approximate surface area is 132 Å². The van der Waals surface area contributed by atoms with Crippen molar-refractivity contribution < 1.29 is 5.11 Å². The van der Waals surface area contributed by atoms with E-state index in [4.69, 9.17) is 23.2 Å². The summed E-state index contributed by atoms with van der Waals surface area (Å²) in [6, 6.07) is 3.40. The summed E-state index contributed by atoms with van der Waals surface area (Å²) in [5.74, 6) is 0. The van der Waals surface area contributed by atoms with Crippen molar-refractivity contribution in [3.63, 3.8) is 0 Å². The topological polar surface area (TPSA) is 49.3 Å². The molecule has 1 N–H and O–H groups in total. The van der Waals surface area contributed by atoms with Gasteiger partial charge in [-0.2, -0.15) is 0 Å². The highest BCUT2D eigenvalue weighted by Crippen LogP contribution is 2.26. The number of aliphatic hydroxyl groups is 1. The molecular formula is C13H15Cl2N3OS. The van der Waals surface area contributed by atoms with Crippen molar-refractivity contribution in [2.24, 2.45) is 0 Å². The number of nitrogens with zero attached hydrogens (tertiary/aromatic N) is 3.